The van der Waals surface area contributed by atoms with E-state index < -0.39 is 20.7 Å². The fourth-order valence-corrected chi connectivity index (χ4v) is 7.46. The van der Waals surface area contributed by atoms with Crippen molar-refractivity contribution in [3.05, 3.63) is 103 Å². The van der Waals surface area contributed by atoms with Crippen molar-refractivity contribution in [2.45, 2.75) is 4.90 Å². The maximum Gasteiger partial charge on any atom is 0.407 e. The van der Waals surface area contributed by atoms with Gasteiger partial charge < -0.3 is 0 Å². The van der Waals surface area contributed by atoms with Crippen LogP contribution in [0.15, 0.2) is 108 Å². The van der Waals surface area contributed by atoms with Crippen LogP contribution in [0.2, 0.25) is 0 Å². The summed E-state index contributed by atoms with van der Waals surface area (Å²) in [7, 11) is -7.33. The van der Waals surface area contributed by atoms with E-state index in [4.69, 9.17) is 13.6 Å². The quantitative estimate of drug-likeness (QED) is 0.250. The van der Waals surface area contributed by atoms with Crippen molar-refractivity contribution in [1.29, 1.82) is 0 Å². The van der Waals surface area contributed by atoms with Gasteiger partial charge in [-0.15, -0.1) is 0 Å². The molecule has 0 spiro atoms. The molecule has 0 saturated heterocycles. The summed E-state index contributed by atoms with van der Waals surface area (Å²) < 4.78 is 38.7. The zero-order chi connectivity index (χ0) is 25.3. The van der Waals surface area contributed by atoms with Gasteiger partial charge in [0, 0.05) is 16.7 Å². The molecule has 0 unspecified atom stereocenters. The average molecular weight is 517 g/mol. The maximum atomic E-state index is 11.9. The van der Waals surface area contributed by atoms with E-state index in [1.165, 1.54) is 0 Å². The highest BCUT2D eigenvalue weighted by molar-refractivity contribution is 8.31. The van der Waals surface area contributed by atoms with Crippen LogP contribution < -0.4 is 0 Å². The van der Waals surface area contributed by atoms with Crippen molar-refractivity contribution in [2.24, 2.45) is 0 Å². The van der Waals surface area contributed by atoms with Gasteiger partial charge in [-0.1, -0.05) is 107 Å². The Bertz CT molecular complexity index is 1660. The molecule has 5 rings (SSSR count). The molecule has 4 aromatic carbocycles. The molecule has 0 fully saturated rings. The van der Waals surface area contributed by atoms with Gasteiger partial charge in [0.05, 0.1) is 16.3 Å². The van der Waals surface area contributed by atoms with Crippen LogP contribution in [-0.2, 0) is 14.0 Å². The second-order valence-electron chi connectivity index (χ2n) is 8.60. The van der Waals surface area contributed by atoms with Gasteiger partial charge in [0.15, 0.2) is 5.82 Å². The number of hydrogen-bond acceptors (Lipinski definition) is 5. The van der Waals surface area contributed by atoms with Crippen LogP contribution in [0.5, 0.6) is 0 Å². The first-order chi connectivity index (χ1) is 17.2. The summed E-state index contributed by atoms with van der Waals surface area (Å²) >= 11 is 0. The summed E-state index contributed by atoms with van der Waals surface area (Å²) in [6, 6.07) is 33.1. The minimum Gasteiger partial charge on any atom is -0.263 e. The van der Waals surface area contributed by atoms with Crippen molar-refractivity contribution < 1.29 is 16.6 Å². The van der Waals surface area contributed by atoms with Crippen molar-refractivity contribution in [1.82, 2.24) is 9.97 Å². The molecule has 0 saturated carbocycles. The summed E-state index contributed by atoms with van der Waals surface area (Å²) in [6.07, 6.45) is 3.33. The topological polar surface area (TPSA) is 89.4 Å². The highest BCUT2D eigenvalue weighted by atomic mass is 32.3. The van der Waals surface area contributed by atoms with Crippen molar-refractivity contribution in [3.63, 3.8) is 0 Å². The fraction of sp³-hybridized carbons (Fsp3) is 0.0714. The Labute approximate surface area is 212 Å². The number of benzene rings is 4. The standard InChI is InChI=1S/C28H24N2O4S2/c1-35(2,34-36(31,32)33)27-25(21-12-5-3-6-13-21)29-28(22-14-7-4-8-15-22)30-26(27)24-18-17-20-11-9-10-16-23(20)19-24/h3-19H,1-2H3,(H,31,32,33). The predicted octanol–water partition coefficient (Wildman–Crippen LogP) is 6.79. The molecular formula is C28H24N2O4S2. The average Bonchev–Trinajstić information content (AvgIpc) is 2.87. The Morgan fingerprint density at radius 3 is 1.78 bits per heavy atom. The monoisotopic (exact) mass is 516 g/mol. The minimum absolute atomic E-state index is 0.503. The smallest absolute Gasteiger partial charge is 0.263 e. The van der Waals surface area contributed by atoms with Crippen LogP contribution >= 0.6 is 10.3 Å². The summed E-state index contributed by atoms with van der Waals surface area (Å²) in [4.78, 5) is 10.4. The molecule has 0 aliphatic heterocycles. The Morgan fingerprint density at radius 1 is 0.639 bits per heavy atom. The van der Waals surface area contributed by atoms with Crippen molar-refractivity contribution in [3.8, 4) is 33.9 Å². The molecule has 6 nitrogen and oxygen atoms in total. The second-order valence-corrected chi connectivity index (χ2v) is 12.9. The summed E-state index contributed by atoms with van der Waals surface area (Å²) in [6.45, 7) is 0. The molecule has 0 aliphatic rings. The SMILES string of the molecule is CS(C)(OS(=O)(=O)O)c1c(-c2ccccc2)nc(-c2ccccc2)nc1-c1ccc2ccccc2c1. The van der Waals surface area contributed by atoms with E-state index in [0.29, 0.717) is 22.1 Å². The number of aromatic nitrogens is 2. The third kappa shape index (κ3) is 5.03. The molecule has 5 aromatic rings. The molecule has 182 valence electrons. The van der Waals surface area contributed by atoms with Crippen molar-refractivity contribution >= 4 is 31.5 Å². The zero-order valence-electron chi connectivity index (χ0n) is 19.7. The second kappa shape index (κ2) is 9.48. The van der Waals surface area contributed by atoms with Gasteiger partial charge in [-0.3, -0.25) is 4.55 Å². The third-order valence-electron chi connectivity index (χ3n) is 5.72. The molecule has 1 N–H and O–H groups in total. The largest absolute Gasteiger partial charge is 0.407 e. The molecule has 0 atom stereocenters. The summed E-state index contributed by atoms with van der Waals surface area (Å²) in [5, 5.41) is 2.09. The Hall–Kier alpha value is -3.56. The highest BCUT2D eigenvalue weighted by Gasteiger charge is 2.32. The normalized spacial score (nSPS) is 12.5. The van der Waals surface area contributed by atoms with Crippen LogP contribution in [-0.4, -0.2) is 35.5 Å². The van der Waals surface area contributed by atoms with E-state index in [-0.39, 0.29) is 0 Å². The van der Waals surface area contributed by atoms with Crippen LogP contribution in [0, 0.1) is 0 Å². The Kier molecular flexibility index (Phi) is 6.36. The third-order valence-corrected chi connectivity index (χ3v) is 9.13. The first-order valence-corrected chi connectivity index (χ1v) is 14.9. The van der Waals surface area contributed by atoms with E-state index in [0.717, 1.165) is 27.5 Å². The van der Waals surface area contributed by atoms with E-state index in [9.17, 15) is 13.0 Å². The molecule has 0 radical (unpaired) electrons. The van der Waals surface area contributed by atoms with Crippen LogP contribution in [0.4, 0.5) is 0 Å². The van der Waals surface area contributed by atoms with E-state index >= 15 is 0 Å². The van der Waals surface area contributed by atoms with E-state index in [1.54, 1.807) is 12.5 Å². The zero-order valence-corrected chi connectivity index (χ0v) is 21.3. The van der Waals surface area contributed by atoms with Gasteiger partial charge in [-0.05, 0) is 29.4 Å². The first-order valence-electron chi connectivity index (χ1n) is 11.2. The molecule has 1 heterocycles. The van der Waals surface area contributed by atoms with Crippen LogP contribution in [0.1, 0.15) is 0 Å². The van der Waals surface area contributed by atoms with Gasteiger partial charge in [-0.25, -0.2) is 9.97 Å². The number of rotatable bonds is 6. The molecule has 0 aliphatic carbocycles. The Morgan fingerprint density at radius 2 is 1.17 bits per heavy atom. The van der Waals surface area contributed by atoms with Gasteiger partial charge >= 0.3 is 10.4 Å². The number of nitrogens with zero attached hydrogens (tertiary/aromatic N) is 2. The summed E-state index contributed by atoms with van der Waals surface area (Å²) in [5.74, 6) is 0.503. The maximum absolute atomic E-state index is 11.9. The van der Waals surface area contributed by atoms with Crippen molar-refractivity contribution in [2.75, 3.05) is 12.5 Å². The van der Waals surface area contributed by atoms with E-state index in [1.807, 2.05) is 103 Å². The molecule has 1 aromatic heterocycles. The lowest BCUT2D eigenvalue weighted by molar-refractivity contribution is 0.403. The first kappa shape index (κ1) is 24.1. The van der Waals surface area contributed by atoms with Crippen LogP contribution in [0.25, 0.3) is 44.7 Å². The molecule has 0 bridgehead atoms. The molecule has 8 heteroatoms. The molecule has 36 heavy (non-hydrogen) atoms. The lowest BCUT2D eigenvalue weighted by Gasteiger charge is -2.32. The fourth-order valence-electron chi connectivity index (χ4n) is 4.21. The van der Waals surface area contributed by atoms with Gasteiger partial charge in [-0.2, -0.15) is 12.0 Å². The van der Waals surface area contributed by atoms with E-state index in [2.05, 4.69) is 0 Å². The van der Waals surface area contributed by atoms with Gasteiger partial charge in [0.2, 0.25) is 0 Å². The minimum atomic E-state index is -4.74. The highest BCUT2D eigenvalue weighted by Crippen LogP contribution is 2.58. The van der Waals surface area contributed by atoms with Crippen LogP contribution in [0.3, 0.4) is 0 Å². The Balaban J connectivity index is 1.88. The van der Waals surface area contributed by atoms with Gasteiger partial charge in [0.25, 0.3) is 0 Å². The molecular weight excluding hydrogens is 492 g/mol. The summed E-state index contributed by atoms with van der Waals surface area (Å²) in [5.41, 5.74) is 3.51. The lowest BCUT2D eigenvalue weighted by atomic mass is 10.0. The predicted molar refractivity (Wildman–Crippen MR) is 146 cm³/mol. The van der Waals surface area contributed by atoms with Gasteiger partial charge in [0.1, 0.15) is 0 Å². The molecule has 0 amide bonds. The number of hydrogen-bond donors (Lipinski definition) is 1. The number of fused-ring (bicyclic) bond motifs is 1. The lowest BCUT2D eigenvalue weighted by Crippen LogP contribution is -2.13.